The second kappa shape index (κ2) is 4.86. The third-order valence-electron chi connectivity index (χ3n) is 9.73. The van der Waals surface area contributed by atoms with E-state index in [2.05, 4.69) is 27.7 Å². The van der Waals surface area contributed by atoms with Crippen LogP contribution in [-0.4, -0.2) is 35.5 Å². The Morgan fingerprint density at radius 1 is 1.08 bits per heavy atom. The van der Waals surface area contributed by atoms with E-state index in [4.69, 9.17) is 9.47 Å². The highest BCUT2D eigenvalue weighted by molar-refractivity contribution is 5.66. The van der Waals surface area contributed by atoms with Crippen molar-refractivity contribution < 1.29 is 19.4 Å². The molecule has 5 fully saturated rings. The zero-order valence-electron chi connectivity index (χ0n) is 16.9. The normalized spacial score (nSPS) is 59.0. The van der Waals surface area contributed by atoms with Crippen LogP contribution in [0.5, 0.6) is 0 Å². The number of aliphatic hydroxyl groups excluding tert-OH is 1. The molecule has 4 heteroatoms. The van der Waals surface area contributed by atoms with Crippen molar-refractivity contribution >= 4 is 5.97 Å². The summed E-state index contributed by atoms with van der Waals surface area (Å²) >= 11 is 0. The van der Waals surface area contributed by atoms with Gasteiger partial charge in [-0.05, 0) is 55.8 Å². The number of rotatable bonds is 1. The minimum Gasteiger partial charge on any atom is -0.462 e. The topological polar surface area (TPSA) is 59.1 Å². The molecule has 4 nitrogen and oxygen atoms in total. The molecule has 2 bridgehead atoms. The Morgan fingerprint density at radius 2 is 1.81 bits per heavy atom. The fourth-order valence-electron chi connectivity index (χ4n) is 8.62. The van der Waals surface area contributed by atoms with Crippen molar-refractivity contribution in [1.82, 2.24) is 0 Å². The second-order valence-electron chi connectivity index (χ2n) is 11.3. The summed E-state index contributed by atoms with van der Waals surface area (Å²) in [6, 6.07) is 0. The first-order valence-corrected chi connectivity index (χ1v) is 10.6. The van der Waals surface area contributed by atoms with Gasteiger partial charge in [0.1, 0.15) is 6.10 Å². The summed E-state index contributed by atoms with van der Waals surface area (Å²) in [6.07, 6.45) is 6.58. The van der Waals surface area contributed by atoms with E-state index in [9.17, 15) is 9.90 Å². The molecule has 146 valence electrons. The molecule has 1 heterocycles. The number of hydrogen-bond acceptors (Lipinski definition) is 4. The van der Waals surface area contributed by atoms with Crippen LogP contribution >= 0.6 is 0 Å². The molecule has 9 atom stereocenters. The van der Waals surface area contributed by atoms with E-state index in [1.165, 1.54) is 12.8 Å². The summed E-state index contributed by atoms with van der Waals surface area (Å²) < 4.78 is 12.1. The van der Waals surface area contributed by atoms with Gasteiger partial charge < -0.3 is 14.6 Å². The summed E-state index contributed by atoms with van der Waals surface area (Å²) in [4.78, 5) is 11.9. The predicted octanol–water partition coefficient (Wildman–Crippen LogP) is 3.70. The maximum atomic E-state index is 11.9. The summed E-state index contributed by atoms with van der Waals surface area (Å²) in [5, 5.41) is 11.1. The van der Waals surface area contributed by atoms with Gasteiger partial charge >= 0.3 is 5.97 Å². The number of carbonyl (C=O) groups is 1. The van der Waals surface area contributed by atoms with Gasteiger partial charge in [0.05, 0.1) is 18.3 Å². The molecule has 5 rings (SSSR count). The molecule has 1 saturated heterocycles. The monoisotopic (exact) mass is 362 g/mol. The number of ether oxygens (including phenoxy) is 2. The Balaban J connectivity index is 1.61. The summed E-state index contributed by atoms with van der Waals surface area (Å²) in [7, 11) is 0. The lowest BCUT2D eigenvalue weighted by Gasteiger charge is -2.66. The lowest BCUT2D eigenvalue weighted by Crippen LogP contribution is -2.65. The highest BCUT2D eigenvalue weighted by Crippen LogP contribution is 2.78. The summed E-state index contributed by atoms with van der Waals surface area (Å²) in [5.41, 5.74) is 0.275. The molecule has 1 unspecified atom stereocenters. The maximum absolute atomic E-state index is 11.9. The summed E-state index contributed by atoms with van der Waals surface area (Å²) in [5.74, 6) is 0.735. The number of hydrogen-bond donors (Lipinski definition) is 1. The van der Waals surface area contributed by atoms with E-state index < -0.39 is 0 Å². The highest BCUT2D eigenvalue weighted by Gasteiger charge is 2.80. The van der Waals surface area contributed by atoms with Crippen LogP contribution in [0, 0.1) is 33.5 Å². The predicted molar refractivity (Wildman–Crippen MR) is 97.3 cm³/mol. The lowest BCUT2D eigenvalue weighted by atomic mass is 9.39. The molecule has 1 aliphatic heterocycles. The highest BCUT2D eigenvalue weighted by atomic mass is 16.6. The van der Waals surface area contributed by atoms with Crippen molar-refractivity contribution in [3.8, 4) is 0 Å². The third kappa shape index (κ3) is 1.86. The van der Waals surface area contributed by atoms with E-state index in [-0.39, 0.29) is 45.9 Å². The van der Waals surface area contributed by atoms with Gasteiger partial charge in [-0.25, -0.2) is 0 Å². The van der Waals surface area contributed by atoms with Gasteiger partial charge in [-0.1, -0.05) is 27.7 Å². The molecule has 0 aromatic heterocycles. The maximum Gasteiger partial charge on any atom is 0.302 e. The van der Waals surface area contributed by atoms with Crippen molar-refractivity contribution in [2.75, 3.05) is 0 Å². The largest absolute Gasteiger partial charge is 0.462 e. The first-order chi connectivity index (χ1) is 12.1. The van der Waals surface area contributed by atoms with Crippen LogP contribution in [0.25, 0.3) is 0 Å². The third-order valence-corrected chi connectivity index (χ3v) is 9.73. The molecule has 1 spiro atoms. The first kappa shape index (κ1) is 17.5. The van der Waals surface area contributed by atoms with Crippen LogP contribution in [0.15, 0.2) is 0 Å². The fourth-order valence-corrected chi connectivity index (χ4v) is 8.62. The Hall–Kier alpha value is -0.610. The molecular formula is C22H34O4. The molecule has 0 amide bonds. The van der Waals surface area contributed by atoms with Crippen LogP contribution in [-0.2, 0) is 14.3 Å². The fraction of sp³-hybridized carbons (Fsp3) is 0.955. The van der Waals surface area contributed by atoms with Gasteiger partial charge in [-0.3, -0.25) is 4.79 Å². The Labute approximate surface area is 157 Å². The standard InChI is InChI=1S/C22H34O4/c1-12(23)25-16-7-8-19(2,3)13-6-9-22-11-20(4,17-18(22)26-17)15(24)10-14(22)21(13,16)5/h13-18,24H,6-11H2,1-5H3/t13?,14-,15+,16-,17-,18+,20+,21+,22-/m0/s1. The SMILES string of the molecule is CC(=O)O[C@H]1CCC(C)(C)C2CC[C@]34C[C@](C)([C@H](O)C[C@H]3[C@@]21C)[C@H]1O[C@H]14. The van der Waals surface area contributed by atoms with Crippen molar-refractivity contribution in [3.05, 3.63) is 0 Å². The molecule has 0 radical (unpaired) electrons. The van der Waals surface area contributed by atoms with Crippen molar-refractivity contribution in [2.24, 2.45) is 33.5 Å². The number of fused-ring (bicyclic) bond motifs is 5. The van der Waals surface area contributed by atoms with Gasteiger partial charge in [0.2, 0.25) is 0 Å². The average Bonchev–Trinajstić information content (AvgIpc) is 3.30. The van der Waals surface area contributed by atoms with Crippen LogP contribution in [0.2, 0.25) is 0 Å². The zero-order valence-corrected chi connectivity index (χ0v) is 16.9. The van der Waals surface area contributed by atoms with Gasteiger partial charge in [-0.2, -0.15) is 0 Å². The van der Waals surface area contributed by atoms with Gasteiger partial charge in [-0.15, -0.1) is 0 Å². The number of epoxide rings is 1. The zero-order chi connectivity index (χ0) is 18.7. The van der Waals surface area contributed by atoms with Gasteiger partial charge in [0.15, 0.2) is 0 Å². The van der Waals surface area contributed by atoms with E-state index in [0.717, 1.165) is 25.7 Å². The average molecular weight is 363 g/mol. The van der Waals surface area contributed by atoms with Gasteiger partial charge in [0, 0.05) is 23.2 Å². The van der Waals surface area contributed by atoms with Crippen LogP contribution in [0.1, 0.15) is 73.1 Å². The Bertz CT molecular complexity index is 659. The summed E-state index contributed by atoms with van der Waals surface area (Å²) in [6.45, 7) is 10.9. The molecule has 0 aromatic rings. The second-order valence-corrected chi connectivity index (χ2v) is 11.3. The number of esters is 1. The Morgan fingerprint density at radius 3 is 2.50 bits per heavy atom. The Kier molecular flexibility index (Phi) is 3.27. The lowest BCUT2D eigenvalue weighted by molar-refractivity contribution is -0.238. The smallest absolute Gasteiger partial charge is 0.302 e. The van der Waals surface area contributed by atoms with Crippen molar-refractivity contribution in [1.29, 1.82) is 0 Å². The number of carbonyl (C=O) groups excluding carboxylic acids is 1. The minimum atomic E-state index is -0.309. The quantitative estimate of drug-likeness (QED) is 0.571. The van der Waals surface area contributed by atoms with Crippen molar-refractivity contribution in [3.63, 3.8) is 0 Å². The van der Waals surface area contributed by atoms with E-state index in [0.29, 0.717) is 17.9 Å². The number of aliphatic hydroxyl groups is 1. The minimum absolute atomic E-state index is 0.0328. The molecule has 5 aliphatic rings. The van der Waals surface area contributed by atoms with Crippen LogP contribution in [0.4, 0.5) is 0 Å². The molecule has 4 aliphatic carbocycles. The molecule has 1 N–H and O–H groups in total. The van der Waals surface area contributed by atoms with E-state index in [1.54, 1.807) is 6.92 Å². The van der Waals surface area contributed by atoms with Gasteiger partial charge in [0.25, 0.3) is 0 Å². The van der Waals surface area contributed by atoms with Crippen molar-refractivity contribution in [2.45, 2.75) is 97.6 Å². The van der Waals surface area contributed by atoms with E-state index >= 15 is 0 Å². The molecule has 4 saturated carbocycles. The van der Waals surface area contributed by atoms with Crippen LogP contribution in [0.3, 0.4) is 0 Å². The van der Waals surface area contributed by atoms with E-state index in [1.807, 2.05) is 0 Å². The molecule has 26 heavy (non-hydrogen) atoms. The van der Waals surface area contributed by atoms with Crippen LogP contribution < -0.4 is 0 Å². The molecular weight excluding hydrogens is 328 g/mol. The molecule has 0 aromatic carbocycles. The first-order valence-electron chi connectivity index (χ1n) is 10.6.